The summed E-state index contributed by atoms with van der Waals surface area (Å²) in [6, 6.07) is 8.93. The van der Waals surface area contributed by atoms with Crippen LogP contribution < -0.4 is 10.1 Å². The maximum absolute atomic E-state index is 11.2. The average Bonchev–Trinajstić information content (AvgIpc) is 2.26. The number of hydrogen-bond donors (Lipinski definition) is 1. The molecule has 0 unspecified atom stereocenters. The summed E-state index contributed by atoms with van der Waals surface area (Å²) in [5.41, 5.74) is 0. The predicted octanol–water partition coefficient (Wildman–Crippen LogP) is 1.81. The van der Waals surface area contributed by atoms with E-state index in [2.05, 4.69) is 5.32 Å². The Labute approximate surface area is 89.2 Å². The second kappa shape index (κ2) is 6.84. The van der Waals surface area contributed by atoms with Crippen LogP contribution in [0.3, 0.4) is 0 Å². The van der Waals surface area contributed by atoms with E-state index in [1.807, 2.05) is 25.1 Å². The molecule has 0 radical (unpaired) electrons. The van der Waals surface area contributed by atoms with Crippen molar-refractivity contribution in [2.24, 2.45) is 0 Å². The molecule has 0 bridgehead atoms. The van der Waals surface area contributed by atoms with E-state index >= 15 is 0 Å². The SMILES string of the molecule is CCOCCNC(=O)Oc1ccccc1. The number of amides is 1. The molecular formula is C11H15NO3. The number of carbonyl (C=O) groups excluding carboxylic acids is 1. The van der Waals surface area contributed by atoms with Gasteiger partial charge in [-0.3, -0.25) is 0 Å². The third-order valence-electron chi connectivity index (χ3n) is 1.67. The molecular weight excluding hydrogens is 194 g/mol. The van der Waals surface area contributed by atoms with Crippen LogP contribution in [0.25, 0.3) is 0 Å². The minimum Gasteiger partial charge on any atom is -0.410 e. The maximum Gasteiger partial charge on any atom is 0.412 e. The quantitative estimate of drug-likeness (QED) is 0.752. The Bertz CT molecular complexity index is 287. The van der Waals surface area contributed by atoms with Crippen molar-refractivity contribution in [2.45, 2.75) is 6.92 Å². The van der Waals surface area contributed by atoms with Gasteiger partial charge in [-0.1, -0.05) is 18.2 Å². The molecule has 1 aromatic carbocycles. The Morgan fingerprint density at radius 1 is 1.33 bits per heavy atom. The minimum atomic E-state index is -0.457. The number of rotatable bonds is 5. The molecule has 1 N–H and O–H groups in total. The van der Waals surface area contributed by atoms with Gasteiger partial charge >= 0.3 is 6.09 Å². The molecule has 4 heteroatoms. The van der Waals surface area contributed by atoms with Crippen molar-refractivity contribution in [2.75, 3.05) is 19.8 Å². The highest BCUT2D eigenvalue weighted by Gasteiger charge is 2.01. The lowest BCUT2D eigenvalue weighted by Crippen LogP contribution is -2.30. The molecule has 0 aliphatic carbocycles. The van der Waals surface area contributed by atoms with Crippen LogP contribution in [-0.4, -0.2) is 25.9 Å². The maximum atomic E-state index is 11.2. The fourth-order valence-electron chi connectivity index (χ4n) is 1.00. The fourth-order valence-corrected chi connectivity index (χ4v) is 1.00. The van der Waals surface area contributed by atoms with Crippen molar-refractivity contribution in [3.05, 3.63) is 30.3 Å². The molecule has 0 atom stereocenters. The normalized spacial score (nSPS) is 9.67. The van der Waals surface area contributed by atoms with E-state index in [4.69, 9.17) is 9.47 Å². The van der Waals surface area contributed by atoms with Crippen molar-refractivity contribution in [1.29, 1.82) is 0 Å². The van der Waals surface area contributed by atoms with Crippen LogP contribution in [0.5, 0.6) is 5.75 Å². The van der Waals surface area contributed by atoms with Gasteiger partial charge in [0.25, 0.3) is 0 Å². The summed E-state index contributed by atoms with van der Waals surface area (Å²) >= 11 is 0. The predicted molar refractivity (Wildman–Crippen MR) is 57.0 cm³/mol. The van der Waals surface area contributed by atoms with Crippen molar-refractivity contribution < 1.29 is 14.3 Å². The Balaban J connectivity index is 2.19. The van der Waals surface area contributed by atoms with E-state index in [1.165, 1.54) is 0 Å². The second-order valence-corrected chi connectivity index (χ2v) is 2.83. The zero-order valence-corrected chi connectivity index (χ0v) is 8.73. The molecule has 0 heterocycles. The van der Waals surface area contributed by atoms with Crippen LogP contribution >= 0.6 is 0 Å². The lowest BCUT2D eigenvalue weighted by atomic mass is 10.3. The number of carbonyl (C=O) groups is 1. The average molecular weight is 209 g/mol. The summed E-state index contributed by atoms with van der Waals surface area (Å²) in [4.78, 5) is 11.2. The van der Waals surface area contributed by atoms with Crippen molar-refractivity contribution in [1.82, 2.24) is 5.32 Å². The first kappa shape index (κ1) is 11.5. The largest absolute Gasteiger partial charge is 0.412 e. The highest BCUT2D eigenvalue weighted by Crippen LogP contribution is 2.07. The van der Waals surface area contributed by atoms with Gasteiger partial charge in [-0.15, -0.1) is 0 Å². The fraction of sp³-hybridized carbons (Fsp3) is 0.364. The molecule has 0 saturated carbocycles. The monoisotopic (exact) mass is 209 g/mol. The summed E-state index contributed by atoms with van der Waals surface area (Å²) < 4.78 is 10.1. The third kappa shape index (κ3) is 5.02. The molecule has 0 aliphatic heterocycles. The van der Waals surface area contributed by atoms with Gasteiger partial charge in [0.2, 0.25) is 0 Å². The number of nitrogens with one attached hydrogen (secondary N) is 1. The Morgan fingerprint density at radius 2 is 2.07 bits per heavy atom. The van der Waals surface area contributed by atoms with Crippen LogP contribution in [0.1, 0.15) is 6.92 Å². The van der Waals surface area contributed by atoms with E-state index in [1.54, 1.807) is 12.1 Å². The third-order valence-corrected chi connectivity index (χ3v) is 1.67. The first-order valence-electron chi connectivity index (χ1n) is 4.91. The topological polar surface area (TPSA) is 47.6 Å². The zero-order valence-electron chi connectivity index (χ0n) is 8.73. The summed E-state index contributed by atoms with van der Waals surface area (Å²) in [5.74, 6) is 0.534. The van der Waals surface area contributed by atoms with Crippen LogP contribution in [0.15, 0.2) is 30.3 Å². The molecule has 82 valence electrons. The molecule has 1 amide bonds. The van der Waals surface area contributed by atoms with Gasteiger partial charge < -0.3 is 14.8 Å². The standard InChI is InChI=1S/C11H15NO3/c1-2-14-9-8-12-11(13)15-10-6-4-3-5-7-10/h3-7H,2,8-9H2,1H3,(H,12,13). The number of benzene rings is 1. The molecule has 0 spiro atoms. The second-order valence-electron chi connectivity index (χ2n) is 2.83. The summed E-state index contributed by atoms with van der Waals surface area (Å²) in [6.45, 7) is 3.51. The Morgan fingerprint density at radius 3 is 2.73 bits per heavy atom. The van der Waals surface area contributed by atoms with E-state index in [-0.39, 0.29) is 0 Å². The molecule has 0 aliphatic rings. The van der Waals surface area contributed by atoms with E-state index in [9.17, 15) is 4.79 Å². The number of ether oxygens (including phenoxy) is 2. The molecule has 0 aromatic heterocycles. The van der Waals surface area contributed by atoms with E-state index in [0.29, 0.717) is 25.5 Å². The van der Waals surface area contributed by atoms with Gasteiger partial charge in [-0.05, 0) is 19.1 Å². The van der Waals surface area contributed by atoms with Gasteiger partial charge in [-0.2, -0.15) is 0 Å². The minimum absolute atomic E-state index is 0.457. The molecule has 0 saturated heterocycles. The van der Waals surface area contributed by atoms with E-state index < -0.39 is 6.09 Å². The van der Waals surface area contributed by atoms with E-state index in [0.717, 1.165) is 0 Å². The van der Waals surface area contributed by atoms with Crippen LogP contribution in [0.4, 0.5) is 4.79 Å². The van der Waals surface area contributed by atoms with Crippen molar-refractivity contribution in [3.63, 3.8) is 0 Å². The molecule has 1 rings (SSSR count). The lowest BCUT2D eigenvalue weighted by Gasteiger charge is -2.06. The number of hydrogen-bond acceptors (Lipinski definition) is 3. The van der Waals surface area contributed by atoms with Crippen molar-refractivity contribution >= 4 is 6.09 Å². The summed E-state index contributed by atoms with van der Waals surface area (Å²) in [5, 5.41) is 2.58. The molecule has 0 fully saturated rings. The smallest absolute Gasteiger partial charge is 0.410 e. The molecule has 1 aromatic rings. The summed E-state index contributed by atoms with van der Waals surface area (Å²) in [7, 11) is 0. The lowest BCUT2D eigenvalue weighted by molar-refractivity contribution is 0.145. The van der Waals surface area contributed by atoms with Gasteiger partial charge in [0, 0.05) is 13.2 Å². The Hall–Kier alpha value is -1.55. The van der Waals surface area contributed by atoms with Gasteiger partial charge in [0.05, 0.1) is 6.61 Å². The Kier molecular flexibility index (Phi) is 5.25. The summed E-state index contributed by atoms with van der Waals surface area (Å²) in [6.07, 6.45) is -0.457. The highest BCUT2D eigenvalue weighted by molar-refractivity contribution is 5.70. The van der Waals surface area contributed by atoms with Gasteiger partial charge in [0.1, 0.15) is 5.75 Å². The first-order chi connectivity index (χ1) is 7.33. The van der Waals surface area contributed by atoms with Crippen LogP contribution in [0.2, 0.25) is 0 Å². The molecule has 15 heavy (non-hydrogen) atoms. The van der Waals surface area contributed by atoms with Crippen LogP contribution in [0, 0.1) is 0 Å². The molecule has 4 nitrogen and oxygen atoms in total. The zero-order chi connectivity index (χ0) is 10.9. The first-order valence-corrected chi connectivity index (χ1v) is 4.91. The number of para-hydroxylation sites is 1. The highest BCUT2D eigenvalue weighted by atomic mass is 16.6. The van der Waals surface area contributed by atoms with Crippen molar-refractivity contribution in [3.8, 4) is 5.75 Å². The van der Waals surface area contributed by atoms with Crippen LogP contribution in [-0.2, 0) is 4.74 Å². The van der Waals surface area contributed by atoms with Gasteiger partial charge in [-0.25, -0.2) is 4.79 Å². The van der Waals surface area contributed by atoms with Gasteiger partial charge in [0.15, 0.2) is 0 Å².